The number of hydrogen-bond donors (Lipinski definition) is 1. The lowest BCUT2D eigenvalue weighted by Crippen LogP contribution is -2.63. The number of aliphatic carboxylic acids is 1. The molecule has 4 saturated carbocycles. The van der Waals surface area contributed by atoms with Gasteiger partial charge in [-0.3, -0.25) is 9.59 Å². The van der Waals surface area contributed by atoms with E-state index in [1.54, 1.807) is 0 Å². The molecule has 4 aliphatic rings. The molecule has 4 rings (SSSR count). The summed E-state index contributed by atoms with van der Waals surface area (Å²) >= 11 is 0. The molecule has 0 radical (unpaired) electrons. The molecule has 0 spiro atoms. The third-order valence-electron chi connectivity index (χ3n) is 11.7. The van der Waals surface area contributed by atoms with Gasteiger partial charge in [-0.05, 0) is 97.2 Å². The van der Waals surface area contributed by atoms with E-state index in [1.807, 2.05) is 0 Å². The lowest BCUT2D eigenvalue weighted by molar-refractivity contribution is -0.205. The maximum absolute atomic E-state index is 13.1. The molecule has 0 aromatic heterocycles. The number of ketones is 1. The van der Waals surface area contributed by atoms with Gasteiger partial charge in [0.15, 0.2) is 0 Å². The molecule has 0 bridgehead atoms. The first-order chi connectivity index (χ1) is 13.9. The summed E-state index contributed by atoms with van der Waals surface area (Å²) in [6.45, 7) is 14.7. The van der Waals surface area contributed by atoms with Crippen LogP contribution < -0.4 is 0 Å². The average molecular weight is 417 g/mol. The Labute approximate surface area is 183 Å². The van der Waals surface area contributed by atoms with Gasteiger partial charge in [0.25, 0.3) is 0 Å². The van der Waals surface area contributed by atoms with E-state index < -0.39 is 11.4 Å². The van der Waals surface area contributed by atoms with Crippen LogP contribution in [-0.2, 0) is 9.59 Å². The van der Waals surface area contributed by atoms with Crippen LogP contribution in [0.5, 0.6) is 0 Å². The van der Waals surface area contributed by atoms with Crippen molar-refractivity contribution in [3.8, 4) is 0 Å². The van der Waals surface area contributed by atoms with Gasteiger partial charge in [0, 0.05) is 18.3 Å². The molecule has 0 aliphatic heterocycles. The topological polar surface area (TPSA) is 54.4 Å². The molecule has 0 heterocycles. The fourth-order valence-corrected chi connectivity index (χ4v) is 9.90. The molecule has 4 aliphatic carbocycles. The van der Waals surface area contributed by atoms with E-state index in [1.165, 1.54) is 32.1 Å². The molecule has 1 N–H and O–H groups in total. The number of Topliss-reactive ketones (excluding diaryl/α,β-unsaturated/α-hetero) is 1. The zero-order valence-electron chi connectivity index (χ0n) is 20.2. The minimum Gasteiger partial charge on any atom is -0.481 e. The van der Waals surface area contributed by atoms with Crippen molar-refractivity contribution in [2.75, 3.05) is 0 Å². The number of hydrogen-bond acceptors (Lipinski definition) is 2. The third-order valence-corrected chi connectivity index (χ3v) is 11.7. The zero-order valence-corrected chi connectivity index (χ0v) is 20.2. The Morgan fingerprint density at radius 1 is 0.967 bits per heavy atom. The molecule has 0 saturated heterocycles. The van der Waals surface area contributed by atoms with E-state index in [-0.39, 0.29) is 11.8 Å². The van der Waals surface area contributed by atoms with Crippen molar-refractivity contribution in [1.29, 1.82) is 0 Å². The van der Waals surface area contributed by atoms with Crippen molar-refractivity contribution in [2.24, 2.45) is 51.2 Å². The number of carbonyl (C=O) groups is 2. The lowest BCUT2D eigenvalue weighted by Gasteiger charge is -2.69. The van der Waals surface area contributed by atoms with E-state index in [9.17, 15) is 14.7 Å². The van der Waals surface area contributed by atoms with Gasteiger partial charge in [-0.15, -0.1) is 0 Å². The SMILES string of the molecule is CC(C)[C@H]1CC[C@@H]2[C@]1(C)CC[C@]1(C)[C@H]3CCC(=O)[C@](C)(CCC(=O)O)[C@H]3CC[C@@]21C. The summed E-state index contributed by atoms with van der Waals surface area (Å²) in [4.78, 5) is 24.4. The molecule has 0 aromatic rings. The van der Waals surface area contributed by atoms with Crippen LogP contribution in [0.3, 0.4) is 0 Å². The van der Waals surface area contributed by atoms with E-state index in [0.717, 1.165) is 30.6 Å². The molecule has 0 aromatic carbocycles. The Morgan fingerprint density at radius 2 is 1.67 bits per heavy atom. The molecule has 30 heavy (non-hydrogen) atoms. The average Bonchev–Trinajstić information content (AvgIpc) is 3.03. The van der Waals surface area contributed by atoms with Crippen molar-refractivity contribution in [3.63, 3.8) is 0 Å². The van der Waals surface area contributed by atoms with E-state index in [4.69, 9.17) is 0 Å². The Bertz CT molecular complexity index is 728. The van der Waals surface area contributed by atoms with Gasteiger partial charge in [-0.2, -0.15) is 0 Å². The van der Waals surface area contributed by atoms with Crippen molar-refractivity contribution in [1.82, 2.24) is 0 Å². The number of carbonyl (C=O) groups excluding carboxylic acids is 1. The van der Waals surface area contributed by atoms with Gasteiger partial charge >= 0.3 is 5.97 Å². The van der Waals surface area contributed by atoms with Gasteiger partial charge in [0.05, 0.1) is 0 Å². The van der Waals surface area contributed by atoms with Crippen LogP contribution >= 0.6 is 0 Å². The molecular weight excluding hydrogens is 372 g/mol. The minimum absolute atomic E-state index is 0.121. The first-order valence-electron chi connectivity index (χ1n) is 12.7. The van der Waals surface area contributed by atoms with Crippen molar-refractivity contribution in [2.45, 2.75) is 106 Å². The number of carboxylic acid groups (broad SMARTS) is 1. The maximum Gasteiger partial charge on any atom is 0.303 e. The minimum atomic E-state index is -0.767. The summed E-state index contributed by atoms with van der Waals surface area (Å²) in [7, 11) is 0. The van der Waals surface area contributed by atoms with Crippen molar-refractivity contribution < 1.29 is 14.7 Å². The van der Waals surface area contributed by atoms with E-state index >= 15 is 0 Å². The lowest BCUT2D eigenvalue weighted by atomic mass is 9.35. The third kappa shape index (κ3) is 2.82. The molecule has 0 amide bonds. The molecule has 0 unspecified atom stereocenters. The smallest absolute Gasteiger partial charge is 0.303 e. The predicted molar refractivity (Wildman–Crippen MR) is 120 cm³/mol. The largest absolute Gasteiger partial charge is 0.481 e. The van der Waals surface area contributed by atoms with Gasteiger partial charge in [-0.25, -0.2) is 0 Å². The standard InChI is InChI=1S/C27H44O3/c1-17(2)18-7-9-21-24(18,3)15-16-26(5)20-8-10-22(28)25(4,13-12-23(29)30)19(20)11-14-27(21,26)6/h17-21H,7-16H2,1-6H3,(H,29,30)/t18-,19+,20+,21-,24-,25-,26-,27+/m1/s1. The molecule has 3 nitrogen and oxygen atoms in total. The highest BCUT2D eigenvalue weighted by molar-refractivity contribution is 5.86. The summed E-state index contributed by atoms with van der Waals surface area (Å²) in [6, 6.07) is 0. The fourth-order valence-electron chi connectivity index (χ4n) is 9.90. The van der Waals surface area contributed by atoms with Crippen LogP contribution in [0, 0.1) is 51.2 Å². The van der Waals surface area contributed by atoms with E-state index in [2.05, 4.69) is 41.5 Å². The summed E-state index contributed by atoms with van der Waals surface area (Å²) in [5.41, 5.74) is 0.644. The van der Waals surface area contributed by atoms with Crippen molar-refractivity contribution in [3.05, 3.63) is 0 Å². The molecule has 170 valence electrons. The maximum atomic E-state index is 13.1. The van der Waals surface area contributed by atoms with Crippen LogP contribution in [0.2, 0.25) is 0 Å². The highest BCUT2D eigenvalue weighted by Gasteiger charge is 2.68. The van der Waals surface area contributed by atoms with Crippen LogP contribution in [0.15, 0.2) is 0 Å². The fraction of sp³-hybridized carbons (Fsp3) is 0.926. The Balaban J connectivity index is 1.68. The van der Waals surface area contributed by atoms with Gasteiger partial charge in [0.1, 0.15) is 5.78 Å². The Morgan fingerprint density at radius 3 is 2.30 bits per heavy atom. The summed E-state index contributed by atoms with van der Waals surface area (Å²) < 4.78 is 0. The molecule has 3 heteroatoms. The first-order valence-corrected chi connectivity index (χ1v) is 12.7. The van der Waals surface area contributed by atoms with Crippen LogP contribution in [0.1, 0.15) is 106 Å². The highest BCUT2D eigenvalue weighted by Crippen LogP contribution is 2.75. The normalized spacial score (nSPS) is 50.7. The Kier molecular flexibility index (Phi) is 5.27. The first kappa shape index (κ1) is 22.3. The summed E-state index contributed by atoms with van der Waals surface area (Å²) in [6.07, 6.45) is 10.0. The second-order valence-electron chi connectivity index (χ2n) is 12.8. The second kappa shape index (κ2) is 7.07. The second-order valence-corrected chi connectivity index (χ2v) is 12.8. The Hall–Kier alpha value is -0.860. The summed E-state index contributed by atoms with van der Waals surface area (Å²) in [5.74, 6) is 2.89. The van der Waals surface area contributed by atoms with Crippen LogP contribution in [0.25, 0.3) is 0 Å². The number of fused-ring (bicyclic) bond motifs is 5. The summed E-state index contributed by atoms with van der Waals surface area (Å²) in [5, 5.41) is 9.31. The highest BCUT2D eigenvalue weighted by atomic mass is 16.4. The van der Waals surface area contributed by atoms with Crippen LogP contribution in [0.4, 0.5) is 0 Å². The number of rotatable bonds is 4. The zero-order chi connectivity index (χ0) is 22.1. The molecular formula is C27H44O3. The predicted octanol–water partition coefficient (Wildman–Crippen LogP) is 6.74. The van der Waals surface area contributed by atoms with Gasteiger partial charge in [0.2, 0.25) is 0 Å². The number of carboxylic acids is 1. The van der Waals surface area contributed by atoms with Gasteiger partial charge in [-0.1, -0.05) is 41.5 Å². The quantitative estimate of drug-likeness (QED) is 0.552. The molecule has 4 fully saturated rings. The van der Waals surface area contributed by atoms with Gasteiger partial charge < -0.3 is 5.11 Å². The van der Waals surface area contributed by atoms with Crippen molar-refractivity contribution >= 4 is 11.8 Å². The van der Waals surface area contributed by atoms with Crippen LogP contribution in [-0.4, -0.2) is 16.9 Å². The van der Waals surface area contributed by atoms with E-state index in [0.29, 0.717) is 41.3 Å². The molecule has 8 atom stereocenters. The monoisotopic (exact) mass is 416 g/mol.